The maximum Gasteiger partial charge on any atom is 0.338 e. The van der Waals surface area contributed by atoms with Crippen LogP contribution >= 0.6 is 23.1 Å². The van der Waals surface area contributed by atoms with Crippen LogP contribution in [0.5, 0.6) is 0 Å². The van der Waals surface area contributed by atoms with Crippen molar-refractivity contribution in [1.82, 2.24) is 4.57 Å². The first-order chi connectivity index (χ1) is 17.4. The Balaban J connectivity index is 1.88. The Kier molecular flexibility index (Phi) is 7.71. The molecular formula is C27H24N2O5S2. The number of hydrogen-bond acceptors (Lipinski definition) is 8. The summed E-state index contributed by atoms with van der Waals surface area (Å²) in [6.07, 6.45) is 5.30. The van der Waals surface area contributed by atoms with Gasteiger partial charge in [0.05, 0.1) is 34.5 Å². The van der Waals surface area contributed by atoms with Gasteiger partial charge in [-0.25, -0.2) is 14.6 Å². The standard InChI is InChI=1S/C27H24N2O5S2/c1-5-14-34-26(32)22-16(2)28-27-29(23(22)18-8-10-19(11-9-18)25(31)33-3)24(30)21(36-27)15-17-6-12-20(35-4)13-7-17/h5-13,15,23H,1,14H2,2-4H3. The summed E-state index contributed by atoms with van der Waals surface area (Å²) in [5, 5.41) is 0. The SMILES string of the molecule is C=CCOC(=O)C1=C(C)N=c2sc(=Cc3ccc(SC)cc3)c(=O)n2C1c1ccc(C(=O)OC)cc1. The van der Waals surface area contributed by atoms with Crippen LogP contribution in [-0.4, -0.2) is 36.5 Å². The average Bonchev–Trinajstić information content (AvgIpc) is 3.20. The van der Waals surface area contributed by atoms with Crippen LogP contribution in [0.25, 0.3) is 6.08 Å². The van der Waals surface area contributed by atoms with Crippen LogP contribution in [0.1, 0.15) is 34.5 Å². The predicted molar refractivity (Wildman–Crippen MR) is 141 cm³/mol. The predicted octanol–water partition coefficient (Wildman–Crippen LogP) is 3.47. The zero-order chi connectivity index (χ0) is 25.8. The number of carbonyl (C=O) groups is 2. The van der Waals surface area contributed by atoms with Gasteiger partial charge in [0.1, 0.15) is 6.61 Å². The van der Waals surface area contributed by atoms with Gasteiger partial charge in [0, 0.05) is 4.90 Å². The lowest BCUT2D eigenvalue weighted by atomic mass is 9.95. The molecule has 184 valence electrons. The molecule has 0 amide bonds. The summed E-state index contributed by atoms with van der Waals surface area (Å²) in [4.78, 5) is 44.8. The molecule has 1 aliphatic rings. The number of nitrogens with zero attached hydrogens (tertiary/aromatic N) is 2. The fourth-order valence-corrected chi connectivity index (χ4v) is 5.34. The lowest BCUT2D eigenvalue weighted by molar-refractivity contribution is -0.138. The Labute approximate surface area is 216 Å². The molecule has 0 aliphatic carbocycles. The average molecular weight is 521 g/mol. The molecule has 3 aromatic rings. The number of ether oxygens (including phenoxy) is 2. The molecule has 0 spiro atoms. The van der Waals surface area contributed by atoms with Crippen molar-refractivity contribution in [3.05, 3.63) is 109 Å². The fraction of sp³-hybridized carbons (Fsp3) is 0.185. The number of thioether (sulfide) groups is 1. The molecule has 0 fully saturated rings. The van der Waals surface area contributed by atoms with E-state index >= 15 is 0 Å². The van der Waals surface area contributed by atoms with Gasteiger partial charge in [0.25, 0.3) is 5.56 Å². The van der Waals surface area contributed by atoms with Gasteiger partial charge in [0.15, 0.2) is 4.80 Å². The van der Waals surface area contributed by atoms with Crippen molar-refractivity contribution in [3.8, 4) is 0 Å². The molecule has 2 aromatic carbocycles. The first-order valence-electron chi connectivity index (χ1n) is 11.0. The smallest absolute Gasteiger partial charge is 0.338 e. The van der Waals surface area contributed by atoms with Gasteiger partial charge in [-0.3, -0.25) is 9.36 Å². The van der Waals surface area contributed by atoms with E-state index in [9.17, 15) is 14.4 Å². The highest BCUT2D eigenvalue weighted by Gasteiger charge is 2.33. The lowest BCUT2D eigenvalue weighted by Crippen LogP contribution is -2.40. The largest absolute Gasteiger partial charge is 0.465 e. The van der Waals surface area contributed by atoms with Gasteiger partial charge in [0.2, 0.25) is 0 Å². The zero-order valence-electron chi connectivity index (χ0n) is 20.0. The van der Waals surface area contributed by atoms with Crippen molar-refractivity contribution < 1.29 is 19.1 Å². The second-order valence-electron chi connectivity index (χ2n) is 7.86. The van der Waals surface area contributed by atoms with Gasteiger partial charge in [-0.2, -0.15) is 0 Å². The minimum atomic E-state index is -0.772. The second-order valence-corrected chi connectivity index (χ2v) is 9.74. The molecule has 0 radical (unpaired) electrons. The maximum atomic E-state index is 13.6. The number of esters is 2. The molecular weight excluding hydrogens is 496 g/mol. The number of benzene rings is 2. The van der Waals surface area contributed by atoms with E-state index in [-0.39, 0.29) is 17.7 Å². The van der Waals surface area contributed by atoms with E-state index in [0.717, 1.165) is 10.5 Å². The molecule has 4 rings (SSSR count). The van der Waals surface area contributed by atoms with E-state index in [0.29, 0.717) is 26.2 Å². The first-order valence-corrected chi connectivity index (χ1v) is 13.0. The van der Waals surface area contributed by atoms with Crippen molar-refractivity contribution >= 4 is 41.1 Å². The number of aromatic nitrogens is 1. The van der Waals surface area contributed by atoms with Crippen molar-refractivity contribution in [2.24, 2.45) is 4.99 Å². The van der Waals surface area contributed by atoms with Gasteiger partial charge < -0.3 is 9.47 Å². The van der Waals surface area contributed by atoms with E-state index in [4.69, 9.17) is 9.47 Å². The van der Waals surface area contributed by atoms with Crippen molar-refractivity contribution in [3.63, 3.8) is 0 Å². The number of fused-ring (bicyclic) bond motifs is 1. The summed E-state index contributed by atoms with van der Waals surface area (Å²) in [5.74, 6) is -1.06. The lowest BCUT2D eigenvalue weighted by Gasteiger charge is -2.24. The van der Waals surface area contributed by atoms with Crippen LogP contribution in [0.3, 0.4) is 0 Å². The van der Waals surface area contributed by atoms with E-state index in [1.807, 2.05) is 36.6 Å². The zero-order valence-corrected chi connectivity index (χ0v) is 21.7. The Hall–Kier alpha value is -3.69. The van der Waals surface area contributed by atoms with E-state index < -0.39 is 18.0 Å². The van der Waals surface area contributed by atoms with E-state index in [1.54, 1.807) is 43.0 Å². The van der Waals surface area contributed by atoms with Gasteiger partial charge >= 0.3 is 11.9 Å². The van der Waals surface area contributed by atoms with Crippen LogP contribution < -0.4 is 14.9 Å². The van der Waals surface area contributed by atoms with E-state index in [2.05, 4.69) is 11.6 Å². The summed E-state index contributed by atoms with van der Waals surface area (Å²) in [6.45, 7) is 5.34. The van der Waals surface area contributed by atoms with Crippen molar-refractivity contribution in [2.45, 2.75) is 17.9 Å². The number of thiazole rings is 1. The van der Waals surface area contributed by atoms with Crippen molar-refractivity contribution in [1.29, 1.82) is 0 Å². The van der Waals surface area contributed by atoms with Crippen LogP contribution in [0, 0.1) is 0 Å². The molecule has 0 saturated heterocycles. The monoisotopic (exact) mass is 520 g/mol. The van der Waals surface area contributed by atoms with Gasteiger partial charge in [-0.05, 0) is 54.6 Å². The third kappa shape index (κ3) is 4.98. The summed E-state index contributed by atoms with van der Waals surface area (Å²) in [5.41, 5.74) is 2.34. The number of hydrogen-bond donors (Lipinski definition) is 0. The van der Waals surface area contributed by atoms with Crippen LogP contribution in [0.2, 0.25) is 0 Å². The number of carbonyl (C=O) groups excluding carboxylic acids is 2. The third-order valence-electron chi connectivity index (χ3n) is 5.63. The van der Waals surface area contributed by atoms with Crippen LogP contribution in [0.4, 0.5) is 0 Å². The first kappa shape index (κ1) is 25.4. The Morgan fingerprint density at radius 1 is 1.14 bits per heavy atom. The molecule has 0 N–H and O–H groups in total. The number of methoxy groups -OCH3 is 1. The van der Waals surface area contributed by atoms with Gasteiger partial charge in [-0.15, -0.1) is 11.8 Å². The highest BCUT2D eigenvalue weighted by atomic mass is 32.2. The maximum absolute atomic E-state index is 13.6. The number of allylic oxidation sites excluding steroid dienone is 1. The molecule has 1 atom stereocenters. The fourth-order valence-electron chi connectivity index (χ4n) is 3.88. The Morgan fingerprint density at radius 3 is 2.44 bits per heavy atom. The normalized spacial score (nSPS) is 15.2. The number of rotatable bonds is 7. The topological polar surface area (TPSA) is 87.0 Å². The molecule has 0 bridgehead atoms. The molecule has 7 nitrogen and oxygen atoms in total. The molecule has 0 saturated carbocycles. The van der Waals surface area contributed by atoms with Crippen LogP contribution in [-0.2, 0) is 14.3 Å². The highest BCUT2D eigenvalue weighted by Crippen LogP contribution is 2.31. The molecule has 1 unspecified atom stereocenters. The quantitative estimate of drug-likeness (QED) is 0.269. The van der Waals surface area contributed by atoms with Gasteiger partial charge in [-0.1, -0.05) is 48.3 Å². The minimum absolute atomic E-state index is 0.0279. The third-order valence-corrected chi connectivity index (χ3v) is 7.36. The van der Waals surface area contributed by atoms with Crippen molar-refractivity contribution in [2.75, 3.05) is 20.0 Å². The Bertz CT molecular complexity index is 1530. The molecule has 1 aromatic heterocycles. The molecule has 9 heteroatoms. The summed E-state index contributed by atoms with van der Waals surface area (Å²) >= 11 is 2.90. The second kappa shape index (κ2) is 10.9. The summed E-state index contributed by atoms with van der Waals surface area (Å²) in [6, 6.07) is 13.7. The Morgan fingerprint density at radius 2 is 1.83 bits per heavy atom. The van der Waals surface area contributed by atoms with Crippen LogP contribution in [0.15, 0.2) is 87.1 Å². The highest BCUT2D eigenvalue weighted by molar-refractivity contribution is 7.98. The molecule has 1 aliphatic heterocycles. The summed E-state index contributed by atoms with van der Waals surface area (Å²) < 4.78 is 12.1. The molecule has 36 heavy (non-hydrogen) atoms. The van der Waals surface area contributed by atoms with E-state index in [1.165, 1.54) is 29.1 Å². The minimum Gasteiger partial charge on any atom is -0.465 e. The summed E-state index contributed by atoms with van der Waals surface area (Å²) in [7, 11) is 1.31. The molecule has 2 heterocycles.